The Morgan fingerprint density at radius 2 is 2.04 bits per heavy atom. The second-order valence-corrected chi connectivity index (χ2v) is 7.31. The van der Waals surface area contributed by atoms with Crippen molar-refractivity contribution in [2.45, 2.75) is 38.7 Å². The number of methoxy groups -OCH3 is 1. The summed E-state index contributed by atoms with van der Waals surface area (Å²) in [7, 11) is 1.64. The lowest BCUT2D eigenvalue weighted by Gasteiger charge is -2.31. The van der Waals surface area contributed by atoms with E-state index in [1.54, 1.807) is 18.9 Å². The fourth-order valence-electron chi connectivity index (χ4n) is 3.03. The molecule has 0 unspecified atom stereocenters. The van der Waals surface area contributed by atoms with Gasteiger partial charge in [-0.25, -0.2) is 4.98 Å². The number of thiazole rings is 1. The number of hydrogen-bond donors (Lipinski definition) is 0. The van der Waals surface area contributed by atoms with Crippen molar-refractivity contribution in [3.05, 3.63) is 18.2 Å². The molecule has 0 saturated carbocycles. The number of piperidine rings is 1. The zero-order chi connectivity index (χ0) is 19.2. The Labute approximate surface area is 162 Å². The molecule has 0 atom stereocenters. The normalized spacial score (nSPS) is 15.0. The third kappa shape index (κ3) is 5.09. The van der Waals surface area contributed by atoms with Gasteiger partial charge in [0.05, 0.1) is 30.4 Å². The van der Waals surface area contributed by atoms with Crippen LogP contribution in [0.1, 0.15) is 32.6 Å². The summed E-state index contributed by atoms with van der Waals surface area (Å²) in [5.74, 6) is 0.470. The molecule has 8 heteroatoms. The minimum Gasteiger partial charge on any atom is -0.497 e. The number of likely N-dealkylation sites (tertiary alicyclic amines) is 1. The maximum atomic E-state index is 12.2. The lowest BCUT2D eigenvalue weighted by molar-refractivity contribution is -0.146. The quantitative estimate of drug-likeness (QED) is 0.674. The largest absolute Gasteiger partial charge is 0.497 e. The van der Waals surface area contributed by atoms with Gasteiger partial charge in [-0.2, -0.15) is 0 Å². The van der Waals surface area contributed by atoms with Gasteiger partial charge in [0.1, 0.15) is 11.9 Å². The van der Waals surface area contributed by atoms with Crippen LogP contribution in [0, 0.1) is 0 Å². The highest BCUT2D eigenvalue weighted by Crippen LogP contribution is 2.32. The van der Waals surface area contributed by atoms with Gasteiger partial charge in [0.25, 0.3) is 5.19 Å². The van der Waals surface area contributed by atoms with Gasteiger partial charge in [-0.05, 0) is 25.1 Å². The van der Waals surface area contributed by atoms with Crippen molar-refractivity contribution >= 4 is 33.4 Å². The van der Waals surface area contributed by atoms with Gasteiger partial charge in [0.2, 0.25) is 5.91 Å². The number of aromatic nitrogens is 1. The Balaban J connectivity index is 1.48. The number of esters is 1. The second-order valence-electron chi connectivity index (χ2n) is 6.32. The lowest BCUT2D eigenvalue weighted by atomic mass is 10.1. The van der Waals surface area contributed by atoms with Crippen molar-refractivity contribution in [1.29, 1.82) is 0 Å². The zero-order valence-corrected chi connectivity index (χ0v) is 16.4. The summed E-state index contributed by atoms with van der Waals surface area (Å²) in [6, 6.07) is 5.75. The molecule has 1 saturated heterocycles. The van der Waals surface area contributed by atoms with Crippen molar-refractivity contribution in [2.24, 2.45) is 0 Å². The van der Waals surface area contributed by atoms with Crippen LogP contribution in [0.25, 0.3) is 10.2 Å². The van der Waals surface area contributed by atoms with E-state index < -0.39 is 0 Å². The van der Waals surface area contributed by atoms with Crippen LogP contribution >= 0.6 is 11.3 Å². The summed E-state index contributed by atoms with van der Waals surface area (Å²) >= 11 is 1.50. The molecule has 146 valence electrons. The van der Waals surface area contributed by atoms with Crippen molar-refractivity contribution in [1.82, 2.24) is 9.88 Å². The lowest BCUT2D eigenvalue weighted by Crippen LogP contribution is -2.41. The van der Waals surface area contributed by atoms with Gasteiger partial charge < -0.3 is 19.1 Å². The summed E-state index contributed by atoms with van der Waals surface area (Å²) in [4.78, 5) is 29.9. The van der Waals surface area contributed by atoms with E-state index in [9.17, 15) is 9.59 Å². The molecular formula is C19H24N2O5S. The first-order valence-corrected chi connectivity index (χ1v) is 9.95. The summed E-state index contributed by atoms with van der Waals surface area (Å²) < 4.78 is 17.1. The van der Waals surface area contributed by atoms with Crippen LogP contribution in [0.4, 0.5) is 0 Å². The van der Waals surface area contributed by atoms with E-state index in [1.807, 2.05) is 18.2 Å². The smallest absolute Gasteiger partial charge is 0.306 e. The number of hydrogen-bond acceptors (Lipinski definition) is 7. The summed E-state index contributed by atoms with van der Waals surface area (Å²) in [5.41, 5.74) is 0.891. The third-order valence-corrected chi connectivity index (χ3v) is 5.40. The second kappa shape index (κ2) is 9.03. The number of nitrogens with zero attached hydrogens (tertiary/aromatic N) is 2. The molecule has 2 heterocycles. The number of carbonyl (C=O) groups is 2. The summed E-state index contributed by atoms with van der Waals surface area (Å²) in [6.07, 6.45) is 1.89. The van der Waals surface area contributed by atoms with Crippen LogP contribution in [0.2, 0.25) is 0 Å². The Kier molecular flexibility index (Phi) is 6.49. The van der Waals surface area contributed by atoms with Crippen LogP contribution in [-0.2, 0) is 14.3 Å². The highest BCUT2D eigenvalue weighted by atomic mass is 32.1. The molecule has 1 aromatic carbocycles. The maximum absolute atomic E-state index is 12.2. The van der Waals surface area contributed by atoms with Crippen molar-refractivity contribution in [2.75, 3.05) is 26.8 Å². The maximum Gasteiger partial charge on any atom is 0.306 e. The fraction of sp³-hybridized carbons (Fsp3) is 0.526. The molecule has 1 amide bonds. The predicted molar refractivity (Wildman–Crippen MR) is 102 cm³/mol. The number of ether oxygens (including phenoxy) is 3. The molecule has 0 spiro atoms. The van der Waals surface area contributed by atoms with Crippen molar-refractivity contribution < 1.29 is 23.8 Å². The van der Waals surface area contributed by atoms with E-state index in [1.165, 1.54) is 11.3 Å². The van der Waals surface area contributed by atoms with Crippen LogP contribution in [-0.4, -0.2) is 54.7 Å². The summed E-state index contributed by atoms with van der Waals surface area (Å²) in [6.45, 7) is 3.36. The topological polar surface area (TPSA) is 78.0 Å². The Morgan fingerprint density at radius 1 is 1.26 bits per heavy atom. The standard InChI is InChI=1S/C19H24N2O5S/c1-3-25-18(23)7-6-17(22)21-10-8-13(9-11-21)26-19-20-15-5-4-14(24-2)12-16(15)27-19/h4-5,12-13H,3,6-11H2,1-2H3. The van der Waals surface area contributed by atoms with E-state index in [0.29, 0.717) is 24.9 Å². The zero-order valence-electron chi connectivity index (χ0n) is 15.6. The highest BCUT2D eigenvalue weighted by Gasteiger charge is 2.25. The molecular weight excluding hydrogens is 368 g/mol. The predicted octanol–water partition coefficient (Wildman–Crippen LogP) is 3.02. The van der Waals surface area contributed by atoms with Crippen molar-refractivity contribution in [3.63, 3.8) is 0 Å². The number of rotatable bonds is 7. The van der Waals surface area contributed by atoms with E-state index in [4.69, 9.17) is 14.2 Å². The first-order chi connectivity index (χ1) is 13.1. The van der Waals surface area contributed by atoms with Gasteiger partial charge in [-0.1, -0.05) is 11.3 Å². The molecule has 0 radical (unpaired) electrons. The molecule has 7 nitrogen and oxygen atoms in total. The van der Waals surface area contributed by atoms with Crippen LogP contribution in [0.15, 0.2) is 18.2 Å². The molecule has 1 aliphatic heterocycles. The minimum atomic E-state index is -0.323. The molecule has 3 rings (SSSR count). The number of fused-ring (bicyclic) bond motifs is 1. The fourth-order valence-corrected chi connectivity index (χ4v) is 3.94. The van der Waals surface area contributed by atoms with Gasteiger partial charge in [-0.15, -0.1) is 0 Å². The SMILES string of the molecule is CCOC(=O)CCC(=O)N1CCC(Oc2nc3ccc(OC)cc3s2)CC1. The molecule has 1 aliphatic rings. The van der Waals surface area contributed by atoms with E-state index in [2.05, 4.69) is 4.98 Å². The first-order valence-electron chi connectivity index (χ1n) is 9.13. The third-order valence-electron chi connectivity index (χ3n) is 4.49. The average molecular weight is 392 g/mol. The molecule has 1 aromatic heterocycles. The first kappa shape index (κ1) is 19.4. The average Bonchev–Trinajstić information content (AvgIpc) is 3.08. The van der Waals surface area contributed by atoms with Crippen LogP contribution in [0.3, 0.4) is 0 Å². The number of benzene rings is 1. The van der Waals surface area contributed by atoms with Crippen LogP contribution < -0.4 is 9.47 Å². The highest BCUT2D eigenvalue weighted by molar-refractivity contribution is 7.20. The monoisotopic (exact) mass is 392 g/mol. The van der Waals surface area contributed by atoms with Gasteiger partial charge in [-0.3, -0.25) is 9.59 Å². The van der Waals surface area contributed by atoms with Gasteiger partial charge >= 0.3 is 5.97 Å². The molecule has 1 fully saturated rings. The van der Waals surface area contributed by atoms with Gasteiger partial charge in [0.15, 0.2) is 0 Å². The van der Waals surface area contributed by atoms with E-state index in [-0.39, 0.29) is 30.8 Å². The minimum absolute atomic E-state index is 0.00594. The van der Waals surface area contributed by atoms with Gasteiger partial charge in [0, 0.05) is 32.4 Å². The molecule has 0 bridgehead atoms. The number of amides is 1. The molecule has 2 aromatic rings. The van der Waals surface area contributed by atoms with E-state index in [0.717, 1.165) is 28.8 Å². The van der Waals surface area contributed by atoms with E-state index >= 15 is 0 Å². The Hall–Kier alpha value is -2.35. The number of carbonyl (C=O) groups excluding carboxylic acids is 2. The van der Waals surface area contributed by atoms with Crippen LogP contribution in [0.5, 0.6) is 10.9 Å². The Morgan fingerprint density at radius 3 is 2.74 bits per heavy atom. The Bertz CT molecular complexity index is 798. The summed E-state index contributed by atoms with van der Waals surface area (Å²) in [5, 5.41) is 0.644. The molecule has 0 N–H and O–H groups in total. The molecule has 0 aliphatic carbocycles. The molecule has 27 heavy (non-hydrogen) atoms. The van der Waals surface area contributed by atoms with Crippen molar-refractivity contribution in [3.8, 4) is 10.9 Å².